The molecule has 0 saturated heterocycles. The first-order chi connectivity index (χ1) is 9.88. The Bertz CT molecular complexity index is 484. The lowest BCUT2D eigenvalue weighted by atomic mass is 10.1. The summed E-state index contributed by atoms with van der Waals surface area (Å²) >= 11 is 0. The van der Waals surface area contributed by atoms with E-state index in [0.29, 0.717) is 0 Å². The second-order valence-corrected chi connectivity index (χ2v) is 4.13. The third-order valence-electron chi connectivity index (χ3n) is 2.46. The van der Waals surface area contributed by atoms with Gasteiger partial charge in [-0.2, -0.15) is 13.2 Å². The minimum absolute atomic E-state index is 0. The molecule has 0 unspecified atom stereocenters. The number of carbonyl (C=O) groups excluding carboxylic acids is 1. The largest absolute Gasteiger partial charge is 0.489 e. The lowest BCUT2D eigenvalue weighted by Gasteiger charge is -2.15. The highest BCUT2D eigenvalue weighted by Gasteiger charge is 2.31. The second-order valence-electron chi connectivity index (χ2n) is 4.13. The van der Waals surface area contributed by atoms with Gasteiger partial charge in [-0.15, -0.1) is 12.4 Å². The third-order valence-corrected chi connectivity index (χ3v) is 2.46. The Balaban J connectivity index is 0.00000441. The van der Waals surface area contributed by atoms with Gasteiger partial charge in [0.2, 0.25) is 5.91 Å². The monoisotopic (exact) mass is 342 g/mol. The van der Waals surface area contributed by atoms with Crippen molar-refractivity contribution in [3.63, 3.8) is 0 Å². The Morgan fingerprint density at radius 1 is 1.27 bits per heavy atom. The van der Waals surface area contributed by atoms with E-state index in [1.54, 1.807) is 7.05 Å². The number of likely N-dealkylation sites (N-methyl/N-ethyl adjacent to an activating group) is 1. The molecule has 0 aliphatic rings. The molecule has 1 aromatic carbocycles. The van der Waals surface area contributed by atoms with E-state index in [9.17, 15) is 18.0 Å². The van der Waals surface area contributed by atoms with Crippen LogP contribution in [-0.4, -0.2) is 39.8 Å². The summed E-state index contributed by atoms with van der Waals surface area (Å²) in [6, 6.07) is 2.92. The topological polar surface area (TPSA) is 59.6 Å². The second kappa shape index (κ2) is 9.50. The van der Waals surface area contributed by atoms with Crippen molar-refractivity contribution < 1.29 is 27.4 Å². The van der Waals surface area contributed by atoms with E-state index in [4.69, 9.17) is 9.47 Å². The van der Waals surface area contributed by atoms with Gasteiger partial charge in [-0.25, -0.2) is 0 Å². The van der Waals surface area contributed by atoms with Gasteiger partial charge in [0.15, 0.2) is 0 Å². The first-order valence-electron chi connectivity index (χ1n) is 6.16. The van der Waals surface area contributed by atoms with Gasteiger partial charge in [0.05, 0.1) is 24.4 Å². The number of carbonyl (C=O) groups is 1. The smallest absolute Gasteiger partial charge is 0.416 e. The van der Waals surface area contributed by atoms with Crippen LogP contribution in [0.5, 0.6) is 5.75 Å². The predicted molar refractivity (Wildman–Crippen MR) is 78.6 cm³/mol. The molecule has 0 fully saturated rings. The quantitative estimate of drug-likeness (QED) is 0.747. The molecule has 0 saturated carbocycles. The van der Waals surface area contributed by atoms with Crippen molar-refractivity contribution in [2.45, 2.75) is 6.18 Å². The van der Waals surface area contributed by atoms with Crippen LogP contribution >= 0.6 is 12.4 Å². The Labute approximate surface area is 132 Å². The zero-order chi connectivity index (χ0) is 15.9. The molecule has 1 amide bonds. The summed E-state index contributed by atoms with van der Waals surface area (Å²) in [6.45, 7) is 0.426. The highest BCUT2D eigenvalue weighted by Crippen LogP contribution is 2.35. The van der Waals surface area contributed by atoms with Crippen molar-refractivity contribution in [2.75, 3.05) is 39.2 Å². The number of benzene rings is 1. The molecule has 1 rings (SSSR count). The number of nitrogens with one attached hydrogen (secondary N) is 2. The number of alkyl halides is 3. The Morgan fingerprint density at radius 3 is 2.50 bits per heavy atom. The van der Waals surface area contributed by atoms with Gasteiger partial charge in [0.25, 0.3) is 0 Å². The highest BCUT2D eigenvalue weighted by atomic mass is 35.5. The minimum atomic E-state index is -4.49. The summed E-state index contributed by atoms with van der Waals surface area (Å²) in [7, 11) is 3.04. The molecule has 9 heteroatoms. The molecule has 0 atom stereocenters. The Hall–Kier alpha value is -1.51. The molecule has 2 N–H and O–H groups in total. The normalized spacial score (nSPS) is 10.8. The minimum Gasteiger partial charge on any atom is -0.489 e. The fourth-order valence-corrected chi connectivity index (χ4v) is 1.52. The first-order valence-corrected chi connectivity index (χ1v) is 6.16. The van der Waals surface area contributed by atoms with Gasteiger partial charge in [0.1, 0.15) is 12.4 Å². The average molecular weight is 343 g/mol. The average Bonchev–Trinajstić information content (AvgIpc) is 2.39. The van der Waals surface area contributed by atoms with Gasteiger partial charge in [-0.3, -0.25) is 4.79 Å². The van der Waals surface area contributed by atoms with E-state index in [0.717, 1.165) is 12.1 Å². The molecule has 126 valence electrons. The van der Waals surface area contributed by atoms with Crippen LogP contribution in [0, 0.1) is 0 Å². The van der Waals surface area contributed by atoms with Crippen molar-refractivity contribution in [1.82, 2.24) is 5.32 Å². The van der Waals surface area contributed by atoms with Crippen LogP contribution in [0.2, 0.25) is 0 Å². The third kappa shape index (κ3) is 6.50. The summed E-state index contributed by atoms with van der Waals surface area (Å²) in [6.07, 6.45) is -4.49. The van der Waals surface area contributed by atoms with Crippen LogP contribution in [0.1, 0.15) is 5.56 Å². The maximum Gasteiger partial charge on any atom is 0.416 e. The SMILES string of the molecule is CNCC(=O)Nc1cc(C(F)(F)F)ccc1OCCOC.Cl. The number of methoxy groups -OCH3 is 1. The van der Waals surface area contributed by atoms with Crippen LogP contribution in [0.3, 0.4) is 0 Å². The van der Waals surface area contributed by atoms with Gasteiger partial charge < -0.3 is 20.1 Å². The van der Waals surface area contributed by atoms with Crippen LogP contribution in [0.25, 0.3) is 0 Å². The molecule has 0 aromatic heterocycles. The number of hydrogen-bond acceptors (Lipinski definition) is 4. The van der Waals surface area contributed by atoms with E-state index >= 15 is 0 Å². The Kier molecular flexibility index (Phi) is 8.84. The molecule has 1 aromatic rings. The van der Waals surface area contributed by atoms with E-state index in [-0.39, 0.29) is 43.6 Å². The summed E-state index contributed by atoms with van der Waals surface area (Å²) in [5.41, 5.74) is -0.887. The van der Waals surface area contributed by atoms with Crippen molar-refractivity contribution in [3.05, 3.63) is 23.8 Å². The number of hydrogen-bond donors (Lipinski definition) is 2. The van der Waals surface area contributed by atoms with E-state index < -0.39 is 17.6 Å². The molecule has 0 bridgehead atoms. The standard InChI is InChI=1S/C13H17F3N2O3.ClH/c1-17-8-12(19)18-10-7-9(13(14,15)16)3-4-11(10)21-6-5-20-2;/h3-4,7,17H,5-6,8H2,1-2H3,(H,18,19);1H. The number of amides is 1. The summed E-state index contributed by atoms with van der Waals surface area (Å²) in [5, 5.41) is 4.99. The van der Waals surface area contributed by atoms with Crippen LogP contribution in [-0.2, 0) is 15.7 Å². The summed E-state index contributed by atoms with van der Waals surface area (Å²) in [4.78, 5) is 11.5. The number of ether oxygens (including phenoxy) is 2. The first kappa shape index (κ1) is 20.5. The van der Waals surface area contributed by atoms with E-state index in [1.165, 1.54) is 13.2 Å². The molecule has 0 spiro atoms. The van der Waals surface area contributed by atoms with Crippen molar-refractivity contribution >= 4 is 24.0 Å². The zero-order valence-corrected chi connectivity index (χ0v) is 12.9. The van der Waals surface area contributed by atoms with Gasteiger partial charge in [-0.05, 0) is 25.2 Å². The lowest BCUT2D eigenvalue weighted by molar-refractivity contribution is -0.137. The molecule has 0 aliphatic heterocycles. The van der Waals surface area contributed by atoms with Crippen LogP contribution < -0.4 is 15.4 Å². The fourth-order valence-electron chi connectivity index (χ4n) is 1.52. The maximum absolute atomic E-state index is 12.7. The van der Waals surface area contributed by atoms with Crippen LogP contribution in [0.4, 0.5) is 18.9 Å². The predicted octanol–water partition coefficient (Wildman–Crippen LogP) is 2.31. The molecular weight excluding hydrogens is 325 g/mol. The maximum atomic E-state index is 12.7. The number of halogens is 4. The van der Waals surface area contributed by atoms with Gasteiger partial charge >= 0.3 is 6.18 Å². The molecule has 0 aliphatic carbocycles. The summed E-state index contributed by atoms with van der Waals surface area (Å²) in [5.74, 6) is -0.307. The highest BCUT2D eigenvalue weighted by molar-refractivity contribution is 5.93. The molecule has 22 heavy (non-hydrogen) atoms. The Morgan fingerprint density at radius 2 is 1.95 bits per heavy atom. The molecule has 0 heterocycles. The number of anilines is 1. The van der Waals surface area contributed by atoms with E-state index in [1.807, 2.05) is 0 Å². The van der Waals surface area contributed by atoms with Gasteiger partial charge in [-0.1, -0.05) is 0 Å². The number of rotatable bonds is 7. The van der Waals surface area contributed by atoms with E-state index in [2.05, 4.69) is 10.6 Å². The zero-order valence-electron chi connectivity index (χ0n) is 12.1. The van der Waals surface area contributed by atoms with Crippen molar-refractivity contribution in [2.24, 2.45) is 0 Å². The fraction of sp³-hybridized carbons (Fsp3) is 0.462. The summed E-state index contributed by atoms with van der Waals surface area (Å²) < 4.78 is 48.2. The molecular formula is C13H18ClF3N2O3. The molecule has 0 radical (unpaired) electrons. The molecule has 5 nitrogen and oxygen atoms in total. The lowest BCUT2D eigenvalue weighted by Crippen LogP contribution is -2.25. The van der Waals surface area contributed by atoms with Crippen molar-refractivity contribution in [3.8, 4) is 5.75 Å². The van der Waals surface area contributed by atoms with Gasteiger partial charge in [0, 0.05) is 7.11 Å². The van der Waals surface area contributed by atoms with Crippen molar-refractivity contribution in [1.29, 1.82) is 0 Å². The van der Waals surface area contributed by atoms with Crippen LogP contribution in [0.15, 0.2) is 18.2 Å².